The Morgan fingerprint density at radius 3 is 1.60 bits per heavy atom. The van der Waals surface area contributed by atoms with Gasteiger partial charge in [-0.3, -0.25) is 33.7 Å². The molecule has 3 amide bonds. The highest BCUT2D eigenvalue weighted by atomic mass is 79.9. The van der Waals surface area contributed by atoms with Gasteiger partial charge < -0.3 is 14.7 Å². The first-order valence-corrected chi connectivity index (χ1v) is 32.7. The van der Waals surface area contributed by atoms with Gasteiger partial charge in [-0.05, 0) is 164 Å². The minimum absolute atomic E-state index is 0.00331. The van der Waals surface area contributed by atoms with Crippen molar-refractivity contribution in [3.05, 3.63) is 221 Å². The zero-order chi connectivity index (χ0) is 68.1. The molecule has 7 aromatic heterocycles. The number of hydrogen-bond acceptors (Lipinski definition) is 14. The summed E-state index contributed by atoms with van der Waals surface area (Å²) in [6.07, 6.45) is 18.0. The van der Waals surface area contributed by atoms with Crippen LogP contribution in [0.25, 0.3) is 33.8 Å². The van der Waals surface area contributed by atoms with Crippen molar-refractivity contribution in [2.24, 2.45) is 17.8 Å². The summed E-state index contributed by atoms with van der Waals surface area (Å²) in [7, 11) is 0. The number of benzene rings is 3. The number of imidazole rings is 1. The molecule has 0 spiro atoms. The van der Waals surface area contributed by atoms with E-state index < -0.39 is 41.1 Å². The molecule has 0 saturated carbocycles. The molecule has 9 atom stereocenters. The maximum atomic E-state index is 14.8. The molecule has 10 aromatic rings. The number of hydrogen-bond donors (Lipinski definition) is 0. The largest absolute Gasteiger partial charge is 0.434 e. The van der Waals surface area contributed by atoms with Crippen LogP contribution in [0.4, 0.5) is 39.5 Å². The lowest BCUT2D eigenvalue weighted by Gasteiger charge is -2.25. The fourth-order valence-electron chi connectivity index (χ4n) is 15.5. The molecule has 9 unspecified atom stereocenters. The number of amides is 3. The maximum Gasteiger partial charge on any atom is 0.434 e. The van der Waals surface area contributed by atoms with Gasteiger partial charge in [0.25, 0.3) is 17.7 Å². The number of carbonyl (C=O) groups is 3. The van der Waals surface area contributed by atoms with E-state index in [1.165, 1.54) is 42.7 Å². The molecule has 6 aliphatic rings. The van der Waals surface area contributed by atoms with Crippen molar-refractivity contribution in [2.75, 3.05) is 0 Å². The average molecular weight is 1410 g/mol. The lowest BCUT2D eigenvalue weighted by molar-refractivity contribution is -0.141. The van der Waals surface area contributed by atoms with Crippen molar-refractivity contribution >= 4 is 39.3 Å². The van der Waals surface area contributed by atoms with Gasteiger partial charge in [-0.1, -0.05) is 18.2 Å². The first-order chi connectivity index (χ1) is 47.3. The van der Waals surface area contributed by atoms with E-state index in [4.69, 9.17) is 0 Å². The first kappa shape index (κ1) is 65.4. The standard InChI is InChI=1S/C24H20BrFN6O.C24H20F4N4O.C21H18F4N6O/c25-20-13-30-23-18(27-9-10-31(20)23)12-14-11-15-5-6-19(14)32(15)24(33)16-3-1-4-17(26)21(16)22-28-7-2-8-29-22;25-19-3-1-2-18(22(19)14-6-8-29-9-7-14)23(33)32-17-4-5-20(32)15(11-17)10-16-12-31-21(13-30-16)24(26,27)28;22-16-3-1-2-15(19(16)31-28-6-7-29-31)20(32)30-14-4-5-17(30)12(8-14)9-18-26-10-13(11-27-18)21(23,24)25/h1-4,7-10,13-15,19H,5-6,11-12H2;1-3,6-9,12-13,15,17,20H,4-5,10-11H2;1-3,6-7,10-12,14,17H,4-5,8-9H2. The molecule has 6 saturated heterocycles. The Bertz CT molecular complexity index is 4580. The van der Waals surface area contributed by atoms with Crippen LogP contribution in [0.3, 0.4) is 0 Å². The normalized spacial score (nSPS) is 22.1. The van der Waals surface area contributed by atoms with Gasteiger partial charge in [0.15, 0.2) is 23.0 Å². The molecule has 98 heavy (non-hydrogen) atoms. The van der Waals surface area contributed by atoms with Crippen molar-refractivity contribution in [1.29, 1.82) is 0 Å². The topological polar surface area (TPSA) is 212 Å². The molecule has 3 aromatic carbocycles. The average Bonchev–Trinajstić information content (AvgIpc) is 1.55. The summed E-state index contributed by atoms with van der Waals surface area (Å²) in [4.78, 5) is 84.1. The summed E-state index contributed by atoms with van der Waals surface area (Å²) >= 11 is 3.51. The fraction of sp³-hybridized carbons (Fsp3) is 0.333. The summed E-state index contributed by atoms with van der Waals surface area (Å²) in [6, 6.07) is 18.4. The second-order valence-corrected chi connectivity index (χ2v) is 26.0. The molecule has 6 fully saturated rings. The summed E-state index contributed by atoms with van der Waals surface area (Å²) in [6.45, 7) is 0. The fourth-order valence-corrected chi connectivity index (χ4v) is 15.9. The van der Waals surface area contributed by atoms with Crippen molar-refractivity contribution in [3.63, 3.8) is 0 Å². The highest BCUT2D eigenvalue weighted by Gasteiger charge is 2.52. The second-order valence-electron chi connectivity index (χ2n) is 25.1. The Morgan fingerprint density at radius 1 is 0.490 bits per heavy atom. The van der Waals surface area contributed by atoms with Crippen LogP contribution < -0.4 is 0 Å². The van der Waals surface area contributed by atoms with Crippen molar-refractivity contribution in [2.45, 2.75) is 126 Å². The Labute approximate surface area is 561 Å². The molecule has 6 bridgehead atoms. The van der Waals surface area contributed by atoms with E-state index in [0.29, 0.717) is 47.5 Å². The molecule has 29 heteroatoms. The van der Waals surface area contributed by atoms with Crippen LogP contribution in [0.15, 0.2) is 158 Å². The third-order valence-electron chi connectivity index (χ3n) is 19.6. The van der Waals surface area contributed by atoms with E-state index in [9.17, 15) is 53.9 Å². The minimum Gasteiger partial charge on any atom is -0.332 e. The van der Waals surface area contributed by atoms with E-state index in [0.717, 1.165) is 103 Å². The van der Waals surface area contributed by atoms with Crippen molar-refractivity contribution < 1.29 is 53.9 Å². The van der Waals surface area contributed by atoms with Crippen LogP contribution in [-0.4, -0.2) is 133 Å². The molecule has 16 rings (SSSR count). The number of fused-ring (bicyclic) bond motifs is 7. The van der Waals surface area contributed by atoms with Gasteiger partial charge in [0.2, 0.25) is 0 Å². The van der Waals surface area contributed by atoms with Crippen LogP contribution in [0.2, 0.25) is 0 Å². The smallest absolute Gasteiger partial charge is 0.332 e. The quantitative estimate of drug-likeness (QED) is 0.104. The first-order valence-electron chi connectivity index (χ1n) is 31.9. The lowest BCUT2D eigenvalue weighted by atomic mass is 9.86. The Balaban J connectivity index is 0.000000126. The lowest BCUT2D eigenvalue weighted by Crippen LogP contribution is -2.37. The van der Waals surface area contributed by atoms with E-state index in [-0.39, 0.29) is 99.9 Å². The summed E-state index contributed by atoms with van der Waals surface area (Å²) in [5.74, 6) is -1.34. The zero-order valence-corrected chi connectivity index (χ0v) is 53.4. The zero-order valence-electron chi connectivity index (χ0n) is 51.8. The second kappa shape index (κ2) is 26.8. The Hall–Kier alpha value is -9.93. The van der Waals surface area contributed by atoms with Crippen LogP contribution in [0.1, 0.15) is 117 Å². The molecule has 502 valence electrons. The summed E-state index contributed by atoms with van der Waals surface area (Å²) in [5, 5.41) is 7.93. The number of halogens is 10. The van der Waals surface area contributed by atoms with E-state index in [1.54, 1.807) is 84.5 Å². The highest BCUT2D eigenvalue weighted by molar-refractivity contribution is 9.10. The summed E-state index contributed by atoms with van der Waals surface area (Å²) < 4.78 is 124. The van der Waals surface area contributed by atoms with Gasteiger partial charge in [-0.2, -0.15) is 36.5 Å². The monoisotopic (exact) mass is 1410 g/mol. The number of alkyl halides is 6. The van der Waals surface area contributed by atoms with Crippen LogP contribution in [0, 0.1) is 35.2 Å². The van der Waals surface area contributed by atoms with Gasteiger partial charge in [-0.15, -0.1) is 4.80 Å². The number of nitrogens with zero attached hydrogens (tertiary/aromatic N) is 16. The van der Waals surface area contributed by atoms with Gasteiger partial charge in [0.1, 0.15) is 27.7 Å². The molecular formula is C69H58BrF9N16O3. The van der Waals surface area contributed by atoms with Crippen LogP contribution in [-0.2, 0) is 31.6 Å². The van der Waals surface area contributed by atoms with E-state index in [1.807, 2.05) is 20.4 Å². The molecule has 13 heterocycles. The van der Waals surface area contributed by atoms with Gasteiger partial charge in [-0.25, -0.2) is 43.1 Å². The molecular weight excluding hydrogens is 1350 g/mol. The van der Waals surface area contributed by atoms with Crippen LogP contribution in [0.5, 0.6) is 0 Å². The highest BCUT2D eigenvalue weighted by Crippen LogP contribution is 2.48. The minimum atomic E-state index is -4.53. The number of aromatic nitrogens is 13. The Morgan fingerprint density at radius 2 is 1.03 bits per heavy atom. The summed E-state index contributed by atoms with van der Waals surface area (Å²) in [5.41, 5.74) is 2.09. The van der Waals surface area contributed by atoms with Gasteiger partial charge in [0, 0.05) is 104 Å². The van der Waals surface area contributed by atoms with Gasteiger partial charge in [0.05, 0.1) is 64.0 Å². The predicted molar refractivity (Wildman–Crippen MR) is 338 cm³/mol. The van der Waals surface area contributed by atoms with Crippen molar-refractivity contribution in [3.8, 4) is 28.2 Å². The number of rotatable bonds is 12. The molecule has 0 radical (unpaired) electrons. The third kappa shape index (κ3) is 12.7. The SMILES string of the molecule is O=C(c1cccc(F)c1-c1ccncc1)N1C2CCC1C(Cc1cnc(C(F)(F)F)cn1)C2.O=C(c1cccc(F)c1-c1ncccn1)N1C2CCC1C(Cc1nccn3c(Br)cnc13)C2.O=C(c1cccc(F)c1-n1nccn1)N1C2CCC1C(Cc1ncc(C(F)(F)F)cn1)C2. The van der Waals surface area contributed by atoms with E-state index in [2.05, 4.69) is 71.0 Å². The third-order valence-corrected chi connectivity index (χ3v) is 20.2. The molecule has 0 N–H and O–H groups in total. The maximum absolute atomic E-state index is 14.8. The molecule has 6 aliphatic heterocycles. The van der Waals surface area contributed by atoms with E-state index >= 15 is 0 Å². The Kier molecular flexibility index (Phi) is 17.9. The van der Waals surface area contributed by atoms with Crippen LogP contribution >= 0.6 is 15.9 Å². The number of carbonyl (C=O) groups excluding carboxylic acids is 3. The number of pyridine rings is 1. The van der Waals surface area contributed by atoms with Gasteiger partial charge >= 0.3 is 12.4 Å². The molecule has 19 nitrogen and oxygen atoms in total. The predicted octanol–water partition coefficient (Wildman–Crippen LogP) is 12.7. The van der Waals surface area contributed by atoms with Crippen molar-refractivity contribution in [1.82, 2.24) is 79.0 Å². The molecule has 0 aliphatic carbocycles. The number of para-hydroxylation sites is 1.